The molecule has 0 saturated carbocycles. The predicted molar refractivity (Wildman–Crippen MR) is 172 cm³/mol. The number of nitrogens with zero attached hydrogens (tertiary/aromatic N) is 4. The Morgan fingerprint density at radius 2 is 1.43 bits per heavy atom. The Labute approximate surface area is 252 Å². The standard InChI is InChI=1S/C33H36N6O2S/c1-23-22-24(2)35-30(34-23)37-31(38-32(42)36-28-16-10-11-17-29(28)41-3)39-20-18-27(19-21-39)33(40,25-12-6-4-7-13-25)26-14-8-5-9-15-26/h4-17,22,27,40H,18-21H2,1-3H3,(H2,34,35,36,37,38,42). The summed E-state index contributed by atoms with van der Waals surface area (Å²) in [6.07, 6.45) is 1.47. The minimum absolute atomic E-state index is 0.00378. The maximum Gasteiger partial charge on any atom is 0.229 e. The van der Waals surface area contributed by atoms with E-state index in [0.29, 0.717) is 30.7 Å². The molecule has 9 heteroatoms. The van der Waals surface area contributed by atoms with Gasteiger partial charge in [-0.2, -0.15) is 4.99 Å². The van der Waals surface area contributed by atoms with Crippen LogP contribution in [0.4, 0.5) is 11.6 Å². The van der Waals surface area contributed by atoms with E-state index >= 15 is 0 Å². The molecule has 8 nitrogen and oxygen atoms in total. The lowest BCUT2D eigenvalue weighted by Gasteiger charge is -2.43. The SMILES string of the molecule is COc1ccccc1NC(=S)/N=C(/Nc1nc(C)cc(C)n1)N1CCC(C(O)(c2ccccc2)c2ccccc2)CC1. The van der Waals surface area contributed by atoms with Gasteiger partial charge in [-0.05, 0) is 74.2 Å². The van der Waals surface area contributed by atoms with Gasteiger partial charge in [-0.3, -0.25) is 5.32 Å². The minimum Gasteiger partial charge on any atom is -0.495 e. The quantitative estimate of drug-likeness (QED) is 0.147. The first kappa shape index (κ1) is 29.2. The molecule has 216 valence electrons. The largest absolute Gasteiger partial charge is 0.495 e. The summed E-state index contributed by atoms with van der Waals surface area (Å²) < 4.78 is 5.47. The number of hydrogen-bond acceptors (Lipinski definition) is 5. The van der Waals surface area contributed by atoms with E-state index in [0.717, 1.165) is 41.0 Å². The number of aryl methyl sites for hydroxylation is 2. The zero-order valence-electron chi connectivity index (χ0n) is 24.1. The van der Waals surface area contributed by atoms with Crippen molar-refractivity contribution in [3.63, 3.8) is 0 Å². The van der Waals surface area contributed by atoms with E-state index in [1.807, 2.05) is 105 Å². The predicted octanol–water partition coefficient (Wildman–Crippen LogP) is 5.92. The van der Waals surface area contributed by atoms with Crippen molar-refractivity contribution in [1.29, 1.82) is 0 Å². The first-order chi connectivity index (χ1) is 20.4. The fourth-order valence-electron chi connectivity index (χ4n) is 5.58. The van der Waals surface area contributed by atoms with Gasteiger partial charge in [0.2, 0.25) is 17.0 Å². The first-order valence-electron chi connectivity index (χ1n) is 14.1. The highest BCUT2D eigenvalue weighted by molar-refractivity contribution is 7.80. The van der Waals surface area contributed by atoms with E-state index < -0.39 is 5.60 Å². The van der Waals surface area contributed by atoms with Gasteiger partial charge >= 0.3 is 0 Å². The van der Waals surface area contributed by atoms with Crippen LogP contribution in [0.1, 0.15) is 35.4 Å². The van der Waals surface area contributed by atoms with Crippen LogP contribution in [0.5, 0.6) is 5.75 Å². The van der Waals surface area contributed by atoms with Crippen molar-refractivity contribution >= 4 is 34.9 Å². The van der Waals surface area contributed by atoms with Gasteiger partial charge in [0.15, 0.2) is 0 Å². The van der Waals surface area contributed by atoms with Crippen LogP contribution in [-0.2, 0) is 5.60 Å². The van der Waals surface area contributed by atoms with Gasteiger partial charge in [-0.25, -0.2) is 9.97 Å². The maximum atomic E-state index is 12.3. The number of aromatic nitrogens is 2. The number of likely N-dealkylation sites (tertiary alicyclic amines) is 1. The van der Waals surface area contributed by atoms with Crippen molar-refractivity contribution < 1.29 is 9.84 Å². The molecule has 4 aromatic rings. The number of guanidine groups is 1. The molecule has 0 amide bonds. The highest BCUT2D eigenvalue weighted by atomic mass is 32.1. The average molecular weight is 581 g/mol. The lowest BCUT2D eigenvalue weighted by Crippen LogP contribution is -2.48. The summed E-state index contributed by atoms with van der Waals surface area (Å²) in [7, 11) is 1.62. The second-order valence-corrected chi connectivity index (χ2v) is 10.8. The molecule has 5 rings (SSSR count). The number of piperidine rings is 1. The van der Waals surface area contributed by atoms with Crippen LogP contribution in [0, 0.1) is 19.8 Å². The van der Waals surface area contributed by atoms with Crippen LogP contribution in [0.15, 0.2) is 96.0 Å². The number of aliphatic imine (C=N–C) groups is 1. The van der Waals surface area contributed by atoms with E-state index in [1.54, 1.807) is 7.11 Å². The van der Waals surface area contributed by atoms with E-state index in [1.165, 1.54) is 0 Å². The number of benzene rings is 3. The lowest BCUT2D eigenvalue weighted by atomic mass is 9.72. The molecular weight excluding hydrogens is 544 g/mol. The molecule has 1 aliphatic heterocycles. The number of methoxy groups -OCH3 is 1. The second-order valence-electron chi connectivity index (χ2n) is 10.4. The van der Waals surface area contributed by atoms with Crippen molar-refractivity contribution in [2.24, 2.45) is 10.9 Å². The van der Waals surface area contributed by atoms with Crippen molar-refractivity contribution in [3.05, 3.63) is 114 Å². The molecule has 1 fully saturated rings. The zero-order chi connectivity index (χ0) is 29.5. The van der Waals surface area contributed by atoms with Crippen LogP contribution >= 0.6 is 12.2 Å². The molecule has 0 atom stereocenters. The topological polar surface area (TPSA) is 94.9 Å². The molecule has 0 radical (unpaired) electrons. The summed E-state index contributed by atoms with van der Waals surface area (Å²) in [4.78, 5) is 16.1. The van der Waals surface area contributed by atoms with Gasteiger partial charge in [0.05, 0.1) is 12.8 Å². The molecule has 3 aromatic carbocycles. The third kappa shape index (κ3) is 6.58. The number of rotatable bonds is 6. The van der Waals surface area contributed by atoms with Crippen molar-refractivity contribution in [2.45, 2.75) is 32.3 Å². The summed E-state index contributed by atoms with van der Waals surface area (Å²) in [6, 6.07) is 29.4. The maximum absolute atomic E-state index is 12.3. The normalized spacial score (nSPS) is 14.4. The molecule has 3 N–H and O–H groups in total. The molecule has 2 heterocycles. The van der Waals surface area contributed by atoms with E-state index in [9.17, 15) is 5.11 Å². The Morgan fingerprint density at radius 3 is 2.00 bits per heavy atom. The Hall–Kier alpha value is -4.34. The Balaban J connectivity index is 1.41. The van der Waals surface area contributed by atoms with Gasteiger partial charge in [0, 0.05) is 24.5 Å². The van der Waals surface area contributed by atoms with Crippen LogP contribution in [0.25, 0.3) is 0 Å². The molecule has 1 aliphatic rings. The van der Waals surface area contributed by atoms with Gasteiger partial charge in [0.25, 0.3) is 0 Å². The zero-order valence-corrected chi connectivity index (χ0v) is 24.9. The number of nitrogens with one attached hydrogen (secondary N) is 2. The smallest absolute Gasteiger partial charge is 0.229 e. The highest BCUT2D eigenvalue weighted by Crippen LogP contribution is 2.42. The summed E-state index contributed by atoms with van der Waals surface area (Å²) in [6.45, 7) is 5.18. The van der Waals surface area contributed by atoms with Gasteiger partial charge < -0.3 is 20.1 Å². The summed E-state index contributed by atoms with van der Waals surface area (Å²) in [5.74, 6) is 1.67. The summed E-state index contributed by atoms with van der Waals surface area (Å²) in [5, 5.41) is 19.1. The van der Waals surface area contributed by atoms with Crippen molar-refractivity contribution in [1.82, 2.24) is 14.9 Å². The first-order valence-corrected chi connectivity index (χ1v) is 14.5. The van der Waals surface area contributed by atoms with E-state index in [4.69, 9.17) is 21.9 Å². The van der Waals surface area contributed by atoms with Crippen LogP contribution in [0.2, 0.25) is 0 Å². The molecule has 1 saturated heterocycles. The number of anilines is 2. The molecule has 0 bridgehead atoms. The van der Waals surface area contributed by atoms with Crippen molar-refractivity contribution in [3.8, 4) is 5.75 Å². The number of aliphatic hydroxyl groups is 1. The molecule has 0 aliphatic carbocycles. The summed E-state index contributed by atoms with van der Waals surface area (Å²) >= 11 is 5.67. The molecule has 0 spiro atoms. The summed E-state index contributed by atoms with van der Waals surface area (Å²) in [5.41, 5.74) is 3.11. The fourth-order valence-corrected chi connectivity index (χ4v) is 5.77. The molecule has 1 aromatic heterocycles. The minimum atomic E-state index is -1.11. The van der Waals surface area contributed by atoms with Crippen LogP contribution in [-0.4, -0.2) is 51.2 Å². The molecule has 0 unspecified atom stereocenters. The van der Waals surface area contributed by atoms with Crippen LogP contribution in [0.3, 0.4) is 0 Å². The van der Waals surface area contributed by atoms with Crippen LogP contribution < -0.4 is 15.4 Å². The Bertz CT molecular complexity index is 1480. The van der Waals surface area contributed by atoms with E-state index in [2.05, 4.69) is 25.5 Å². The highest BCUT2D eigenvalue weighted by Gasteiger charge is 2.42. The number of hydrogen-bond donors (Lipinski definition) is 3. The van der Waals surface area contributed by atoms with Gasteiger partial charge in [0.1, 0.15) is 11.4 Å². The van der Waals surface area contributed by atoms with E-state index in [-0.39, 0.29) is 11.0 Å². The van der Waals surface area contributed by atoms with Gasteiger partial charge in [-0.15, -0.1) is 0 Å². The van der Waals surface area contributed by atoms with Crippen molar-refractivity contribution in [2.75, 3.05) is 30.8 Å². The Kier molecular flexibility index (Phi) is 9.09. The monoisotopic (exact) mass is 580 g/mol. The molecular formula is C33H36N6O2S. The second kappa shape index (κ2) is 13.1. The fraction of sp³-hybridized carbons (Fsp3) is 0.273. The number of ether oxygens (including phenoxy) is 1. The third-order valence-electron chi connectivity index (χ3n) is 7.58. The number of para-hydroxylation sites is 2. The third-order valence-corrected chi connectivity index (χ3v) is 7.77. The Morgan fingerprint density at radius 1 is 0.881 bits per heavy atom. The molecule has 42 heavy (non-hydrogen) atoms. The average Bonchev–Trinajstić information content (AvgIpc) is 3.01. The number of thiocarbonyl (C=S) groups is 1. The van der Waals surface area contributed by atoms with Gasteiger partial charge in [-0.1, -0.05) is 72.8 Å². The lowest BCUT2D eigenvalue weighted by molar-refractivity contribution is -0.00653.